The lowest BCUT2D eigenvalue weighted by molar-refractivity contribution is -0.112. The molecule has 0 aromatic heterocycles. The summed E-state index contributed by atoms with van der Waals surface area (Å²) in [6, 6.07) is 0. The van der Waals surface area contributed by atoms with E-state index in [2.05, 4.69) is 13.8 Å². The number of carbonyl (C=O) groups excluding carboxylic acids is 1. The molecule has 0 aromatic rings. The Morgan fingerprint density at radius 2 is 2.00 bits per heavy atom. The van der Waals surface area contributed by atoms with Crippen molar-refractivity contribution in [3.05, 3.63) is 11.6 Å². The van der Waals surface area contributed by atoms with Crippen LogP contribution in [0.5, 0.6) is 0 Å². The van der Waals surface area contributed by atoms with Crippen LogP contribution in [-0.4, -0.2) is 5.78 Å². The summed E-state index contributed by atoms with van der Waals surface area (Å²) in [4.78, 5) is 10.7. The van der Waals surface area contributed by atoms with E-state index in [0.29, 0.717) is 5.92 Å². The van der Waals surface area contributed by atoms with Gasteiger partial charge in [0.2, 0.25) is 0 Å². The van der Waals surface area contributed by atoms with Crippen LogP contribution in [0.1, 0.15) is 47.0 Å². The Balaban J connectivity index is 3.82. The summed E-state index contributed by atoms with van der Waals surface area (Å²) >= 11 is 0. The van der Waals surface area contributed by atoms with Gasteiger partial charge in [0, 0.05) is 0 Å². The third-order valence-electron chi connectivity index (χ3n) is 1.90. The largest absolute Gasteiger partial charge is 0.295 e. The minimum atomic E-state index is 0.163. The monoisotopic (exact) mass is 168 g/mol. The van der Waals surface area contributed by atoms with Crippen molar-refractivity contribution in [3.8, 4) is 0 Å². The van der Waals surface area contributed by atoms with Gasteiger partial charge in [0.05, 0.1) is 0 Å². The minimum absolute atomic E-state index is 0.163. The average molecular weight is 168 g/mol. The van der Waals surface area contributed by atoms with E-state index in [1.165, 1.54) is 18.4 Å². The molecule has 0 amide bonds. The summed E-state index contributed by atoms with van der Waals surface area (Å²) in [5.74, 6) is 0.877. The lowest BCUT2D eigenvalue weighted by Gasteiger charge is -2.09. The Bertz CT molecular complexity index is 168. The summed E-state index contributed by atoms with van der Waals surface area (Å²) in [6.07, 6.45) is 5.29. The number of allylic oxidation sites excluding steroid dienone is 2. The highest BCUT2D eigenvalue weighted by Gasteiger charge is 2.01. The zero-order chi connectivity index (χ0) is 9.56. The maximum absolute atomic E-state index is 10.7. The van der Waals surface area contributed by atoms with Crippen molar-refractivity contribution in [1.82, 2.24) is 0 Å². The lowest BCUT2D eigenvalue weighted by atomic mass is 9.97. The van der Waals surface area contributed by atoms with Crippen LogP contribution in [0.25, 0.3) is 0 Å². The first kappa shape index (κ1) is 11.4. The topological polar surface area (TPSA) is 17.1 Å². The fraction of sp³-hybridized carbons (Fsp3) is 0.727. The molecule has 1 heteroatoms. The quantitative estimate of drug-likeness (QED) is 0.575. The second-order valence-electron chi connectivity index (χ2n) is 3.70. The molecule has 0 N–H and O–H groups in total. The molecule has 0 aliphatic rings. The molecule has 0 aliphatic heterocycles. The van der Waals surface area contributed by atoms with Crippen molar-refractivity contribution in [2.24, 2.45) is 5.92 Å². The van der Waals surface area contributed by atoms with Crippen LogP contribution in [0, 0.1) is 5.92 Å². The molecule has 0 aromatic carbocycles. The van der Waals surface area contributed by atoms with E-state index < -0.39 is 0 Å². The molecule has 1 nitrogen and oxygen atoms in total. The average Bonchev–Trinajstić information content (AvgIpc) is 1.84. The van der Waals surface area contributed by atoms with Gasteiger partial charge in [-0.25, -0.2) is 0 Å². The van der Waals surface area contributed by atoms with Gasteiger partial charge in [-0.2, -0.15) is 0 Å². The van der Waals surface area contributed by atoms with Crippen molar-refractivity contribution in [1.29, 1.82) is 0 Å². The van der Waals surface area contributed by atoms with Gasteiger partial charge >= 0.3 is 0 Å². The van der Waals surface area contributed by atoms with Crippen LogP contribution in [0.4, 0.5) is 0 Å². The van der Waals surface area contributed by atoms with Gasteiger partial charge in [-0.15, -0.1) is 0 Å². The molecule has 0 saturated heterocycles. The highest BCUT2D eigenvalue weighted by atomic mass is 16.1. The first-order chi connectivity index (χ1) is 5.56. The number of rotatable bonds is 5. The molecule has 1 unspecified atom stereocenters. The van der Waals surface area contributed by atoms with Crippen LogP contribution in [0.2, 0.25) is 0 Å². The first-order valence-electron chi connectivity index (χ1n) is 4.74. The summed E-state index contributed by atoms with van der Waals surface area (Å²) in [7, 11) is 0. The summed E-state index contributed by atoms with van der Waals surface area (Å²) < 4.78 is 0. The highest BCUT2D eigenvalue weighted by Crippen LogP contribution is 2.15. The van der Waals surface area contributed by atoms with Crippen LogP contribution >= 0.6 is 0 Å². The number of ketones is 1. The first-order valence-corrected chi connectivity index (χ1v) is 4.74. The fourth-order valence-corrected chi connectivity index (χ4v) is 1.55. The van der Waals surface area contributed by atoms with Gasteiger partial charge in [0.25, 0.3) is 0 Å². The second kappa shape index (κ2) is 5.99. The number of hydrogen-bond acceptors (Lipinski definition) is 1. The Morgan fingerprint density at radius 3 is 2.42 bits per heavy atom. The van der Waals surface area contributed by atoms with Crippen molar-refractivity contribution in [2.75, 3.05) is 0 Å². The summed E-state index contributed by atoms with van der Waals surface area (Å²) in [6.45, 7) is 8.07. The molecule has 0 heterocycles. The van der Waals surface area contributed by atoms with E-state index in [9.17, 15) is 4.79 Å². The molecule has 0 bridgehead atoms. The highest BCUT2D eigenvalue weighted by molar-refractivity contribution is 5.87. The summed E-state index contributed by atoms with van der Waals surface area (Å²) in [5.41, 5.74) is 1.21. The van der Waals surface area contributed by atoms with Gasteiger partial charge in [-0.1, -0.05) is 32.3 Å². The van der Waals surface area contributed by atoms with E-state index in [0.717, 1.165) is 6.42 Å². The number of carbonyl (C=O) groups is 1. The van der Waals surface area contributed by atoms with Crippen LogP contribution in [0.15, 0.2) is 11.6 Å². The van der Waals surface area contributed by atoms with Gasteiger partial charge in [0.1, 0.15) is 0 Å². The SMILES string of the molecule is CCCC(C)CC(C)=CC(C)=O. The zero-order valence-corrected chi connectivity index (χ0v) is 8.68. The Morgan fingerprint density at radius 1 is 1.42 bits per heavy atom. The van der Waals surface area contributed by atoms with Crippen LogP contribution in [0.3, 0.4) is 0 Å². The molecule has 70 valence electrons. The molecule has 12 heavy (non-hydrogen) atoms. The Labute approximate surface area is 75.9 Å². The number of hydrogen-bond donors (Lipinski definition) is 0. The van der Waals surface area contributed by atoms with Crippen molar-refractivity contribution >= 4 is 5.78 Å². The van der Waals surface area contributed by atoms with Crippen molar-refractivity contribution in [3.63, 3.8) is 0 Å². The van der Waals surface area contributed by atoms with Crippen LogP contribution in [-0.2, 0) is 4.79 Å². The van der Waals surface area contributed by atoms with Crippen molar-refractivity contribution < 1.29 is 4.79 Å². The standard InChI is InChI=1S/C11H20O/c1-5-6-9(2)7-10(3)8-11(4)12/h8-9H,5-7H2,1-4H3. The van der Waals surface area contributed by atoms with Crippen molar-refractivity contribution in [2.45, 2.75) is 47.0 Å². The second-order valence-corrected chi connectivity index (χ2v) is 3.70. The molecular formula is C11H20O. The predicted octanol–water partition coefficient (Wildman–Crippen LogP) is 3.35. The predicted molar refractivity (Wildman–Crippen MR) is 53.1 cm³/mol. The Kier molecular flexibility index (Phi) is 5.69. The Hall–Kier alpha value is -0.590. The molecule has 0 saturated carbocycles. The molecule has 0 rings (SSSR count). The van der Waals surface area contributed by atoms with Gasteiger partial charge < -0.3 is 0 Å². The van der Waals surface area contributed by atoms with Crippen LogP contribution < -0.4 is 0 Å². The van der Waals surface area contributed by atoms with E-state index in [4.69, 9.17) is 0 Å². The lowest BCUT2D eigenvalue weighted by Crippen LogP contribution is -1.96. The maximum Gasteiger partial charge on any atom is 0.152 e. The maximum atomic E-state index is 10.7. The third kappa shape index (κ3) is 6.14. The zero-order valence-electron chi connectivity index (χ0n) is 8.68. The summed E-state index contributed by atoms with van der Waals surface area (Å²) in [5, 5.41) is 0. The molecule has 1 atom stereocenters. The van der Waals surface area contributed by atoms with E-state index >= 15 is 0 Å². The normalized spacial score (nSPS) is 14.5. The fourth-order valence-electron chi connectivity index (χ4n) is 1.55. The molecule has 0 radical (unpaired) electrons. The van der Waals surface area contributed by atoms with E-state index in [-0.39, 0.29) is 5.78 Å². The molecule has 0 spiro atoms. The van der Waals surface area contributed by atoms with E-state index in [1.54, 1.807) is 13.0 Å². The van der Waals surface area contributed by atoms with Gasteiger partial charge in [-0.3, -0.25) is 4.79 Å². The molecule has 0 fully saturated rings. The van der Waals surface area contributed by atoms with E-state index in [1.807, 2.05) is 6.92 Å². The minimum Gasteiger partial charge on any atom is -0.295 e. The smallest absolute Gasteiger partial charge is 0.152 e. The van der Waals surface area contributed by atoms with Gasteiger partial charge in [-0.05, 0) is 32.3 Å². The van der Waals surface area contributed by atoms with Gasteiger partial charge in [0.15, 0.2) is 5.78 Å². The molecule has 0 aliphatic carbocycles. The third-order valence-corrected chi connectivity index (χ3v) is 1.90. The molecular weight excluding hydrogens is 148 g/mol.